The fourth-order valence-electron chi connectivity index (χ4n) is 11.2. The van der Waals surface area contributed by atoms with Crippen LogP contribution in [0.4, 0.5) is 0 Å². The summed E-state index contributed by atoms with van der Waals surface area (Å²) in [5.41, 5.74) is 1.55. The number of hydrogen-bond acceptors (Lipinski definition) is 4. The molecule has 9 atom stereocenters. The van der Waals surface area contributed by atoms with Gasteiger partial charge in [-0.1, -0.05) is 113 Å². The molecule has 45 heavy (non-hydrogen) atoms. The average Bonchev–Trinajstić information content (AvgIpc) is 3.42. The van der Waals surface area contributed by atoms with E-state index in [2.05, 4.69) is 62.4 Å². The number of hydrogen-bond donors (Lipinski definition) is 0. The molecule has 4 saturated carbocycles. The summed E-state index contributed by atoms with van der Waals surface area (Å²) in [4.78, 5) is 15.0. The van der Waals surface area contributed by atoms with Crippen molar-refractivity contribution in [3.05, 3.63) is 71.8 Å². The molecule has 1 spiro atoms. The first-order valence-corrected chi connectivity index (χ1v) is 18.5. The van der Waals surface area contributed by atoms with Gasteiger partial charge >= 0.3 is 0 Å². The predicted molar refractivity (Wildman–Crippen MR) is 179 cm³/mol. The van der Waals surface area contributed by atoms with Crippen LogP contribution in [-0.4, -0.2) is 30.2 Å². The van der Waals surface area contributed by atoms with Gasteiger partial charge in [-0.15, -0.1) is 0 Å². The summed E-state index contributed by atoms with van der Waals surface area (Å²) in [7, 11) is 0. The van der Waals surface area contributed by atoms with Gasteiger partial charge in [-0.25, -0.2) is 0 Å². The zero-order valence-corrected chi connectivity index (χ0v) is 27.9. The maximum atomic E-state index is 15.0. The fraction of sp³-hybridized carbons (Fsp3) is 0.683. The van der Waals surface area contributed by atoms with Crippen LogP contribution >= 0.6 is 0 Å². The minimum atomic E-state index is -0.837. The number of carbonyl (C=O) groups excluding carboxylic acids is 1. The summed E-state index contributed by atoms with van der Waals surface area (Å²) in [6, 6.07) is 20.8. The average molecular weight is 613 g/mol. The van der Waals surface area contributed by atoms with Gasteiger partial charge in [0.15, 0.2) is 5.78 Å². The minimum Gasteiger partial charge on any atom is -0.373 e. The highest BCUT2D eigenvalue weighted by atomic mass is 16.5. The van der Waals surface area contributed by atoms with Crippen LogP contribution < -0.4 is 0 Å². The number of ketones is 1. The molecule has 2 heterocycles. The zero-order chi connectivity index (χ0) is 30.9. The number of unbranched alkanes of at least 4 members (excludes halogenated alkanes) is 5. The molecule has 6 aliphatic rings. The Morgan fingerprint density at radius 3 is 2.27 bits per heavy atom. The lowest BCUT2D eigenvalue weighted by atomic mass is 9.40. The van der Waals surface area contributed by atoms with Crippen molar-refractivity contribution in [2.24, 2.45) is 34.5 Å². The Balaban J connectivity index is 1.12. The topological polar surface area (TPSA) is 44.8 Å². The molecule has 0 amide bonds. The van der Waals surface area contributed by atoms with Crippen molar-refractivity contribution in [1.29, 1.82) is 0 Å². The van der Waals surface area contributed by atoms with E-state index < -0.39 is 5.60 Å². The van der Waals surface area contributed by atoms with Crippen LogP contribution in [0.1, 0.15) is 115 Å². The Kier molecular flexibility index (Phi) is 9.29. The third-order valence-corrected chi connectivity index (χ3v) is 13.6. The SMILES string of the molecule is CCCCCCCC[C@H]1CC[C@H]2[C@@H]3[C@H]4OC[C@@]5(CC[C@H](OCc6ccccc6)C[C@]5(OCc5ccccc5)C4=O)[C@H]3CC[C@]12C. The van der Waals surface area contributed by atoms with Gasteiger partial charge < -0.3 is 14.2 Å². The largest absolute Gasteiger partial charge is 0.373 e. The molecule has 2 aliphatic heterocycles. The normalized spacial score (nSPS) is 38.5. The van der Waals surface area contributed by atoms with Crippen molar-refractivity contribution in [3.63, 3.8) is 0 Å². The van der Waals surface area contributed by atoms with Crippen molar-refractivity contribution >= 4 is 5.78 Å². The van der Waals surface area contributed by atoms with Gasteiger partial charge in [-0.2, -0.15) is 0 Å². The Morgan fingerprint density at radius 2 is 1.51 bits per heavy atom. The lowest BCUT2D eigenvalue weighted by Gasteiger charge is -2.69. The maximum absolute atomic E-state index is 15.0. The molecule has 0 aromatic heterocycles. The summed E-state index contributed by atoms with van der Waals surface area (Å²) in [6.07, 6.45) is 16.9. The van der Waals surface area contributed by atoms with E-state index in [1.54, 1.807) is 0 Å². The van der Waals surface area contributed by atoms with E-state index in [9.17, 15) is 4.79 Å². The summed E-state index contributed by atoms with van der Waals surface area (Å²) in [6.45, 7) is 6.60. The van der Waals surface area contributed by atoms with E-state index in [-0.39, 0.29) is 23.4 Å². The van der Waals surface area contributed by atoms with Crippen LogP contribution in [0, 0.1) is 34.5 Å². The number of Topliss-reactive ketones (excluding diaryl/α,β-unsaturated/α-hetero) is 1. The minimum absolute atomic E-state index is 0.00963. The highest BCUT2D eigenvalue weighted by Gasteiger charge is 2.76. The van der Waals surface area contributed by atoms with Crippen LogP contribution in [0.15, 0.2) is 60.7 Å². The summed E-state index contributed by atoms with van der Waals surface area (Å²) in [5, 5.41) is 0. The molecule has 4 heteroatoms. The van der Waals surface area contributed by atoms with Gasteiger partial charge in [0, 0.05) is 11.8 Å². The fourth-order valence-corrected chi connectivity index (χ4v) is 11.2. The van der Waals surface area contributed by atoms with Crippen LogP contribution in [0.25, 0.3) is 0 Å². The van der Waals surface area contributed by atoms with Gasteiger partial charge in [0.25, 0.3) is 0 Å². The molecular formula is C41H56O4. The zero-order valence-electron chi connectivity index (χ0n) is 27.9. The Hall–Kier alpha value is -2.01. The molecule has 2 aromatic rings. The third kappa shape index (κ3) is 5.55. The third-order valence-electron chi connectivity index (χ3n) is 13.6. The predicted octanol–water partition coefficient (Wildman–Crippen LogP) is 9.49. The summed E-state index contributed by atoms with van der Waals surface area (Å²) in [5.74, 6) is 2.46. The number of benzene rings is 2. The smallest absolute Gasteiger partial charge is 0.194 e. The van der Waals surface area contributed by atoms with Crippen molar-refractivity contribution in [2.75, 3.05) is 6.61 Å². The molecule has 244 valence electrons. The van der Waals surface area contributed by atoms with E-state index in [0.29, 0.717) is 49.4 Å². The first-order chi connectivity index (χ1) is 22.0. The second-order valence-electron chi connectivity index (χ2n) is 15.7. The van der Waals surface area contributed by atoms with Crippen LogP contribution in [-0.2, 0) is 32.2 Å². The molecule has 2 bridgehead atoms. The Labute approximate surface area is 272 Å². The van der Waals surface area contributed by atoms with Crippen molar-refractivity contribution in [3.8, 4) is 0 Å². The van der Waals surface area contributed by atoms with Crippen molar-refractivity contribution < 1.29 is 19.0 Å². The molecule has 4 aliphatic carbocycles. The molecule has 0 N–H and O–H groups in total. The first-order valence-electron chi connectivity index (χ1n) is 18.5. The monoisotopic (exact) mass is 612 g/mol. The molecule has 2 aromatic carbocycles. The molecule has 6 fully saturated rings. The van der Waals surface area contributed by atoms with Gasteiger partial charge in [0.05, 0.1) is 25.9 Å². The standard InChI is InChI=1S/C41H56O4/c1-3-4-5-6-7-14-19-32-20-21-34-36-35(23-24-39(32,34)2)40-25-22-33(43-27-30-15-10-8-11-16-30)26-41(40,38(42)37(36)44-29-40)45-28-31-17-12-9-13-18-31/h8-13,15-18,32-37H,3-7,14,19-29H2,1-2H3/t32-,33-,34-,35-,36-,37+,39+,40-,41-/m0/s1. The Bertz CT molecular complexity index is 1280. The Morgan fingerprint density at radius 1 is 0.800 bits per heavy atom. The van der Waals surface area contributed by atoms with Gasteiger partial charge in [-0.05, 0) is 85.2 Å². The molecule has 0 radical (unpaired) electrons. The summed E-state index contributed by atoms with van der Waals surface area (Å²) < 4.78 is 20.4. The second-order valence-corrected chi connectivity index (χ2v) is 15.7. The van der Waals surface area contributed by atoms with Gasteiger partial charge in [0.2, 0.25) is 0 Å². The molecule has 2 saturated heterocycles. The van der Waals surface area contributed by atoms with Crippen molar-refractivity contribution in [1.82, 2.24) is 0 Å². The van der Waals surface area contributed by atoms with Crippen LogP contribution in [0.5, 0.6) is 0 Å². The van der Waals surface area contributed by atoms with Crippen molar-refractivity contribution in [2.45, 2.75) is 135 Å². The number of fused-ring (bicyclic) bond motifs is 2. The second kappa shape index (κ2) is 13.2. The lowest BCUT2D eigenvalue weighted by Crippen LogP contribution is -2.78. The van der Waals surface area contributed by atoms with E-state index >= 15 is 0 Å². The molecule has 4 nitrogen and oxygen atoms in total. The van der Waals surface area contributed by atoms with Crippen LogP contribution in [0.2, 0.25) is 0 Å². The highest BCUT2D eigenvalue weighted by Crippen LogP contribution is 2.71. The highest BCUT2D eigenvalue weighted by molar-refractivity contribution is 5.95. The lowest BCUT2D eigenvalue weighted by molar-refractivity contribution is -0.310. The maximum Gasteiger partial charge on any atom is 0.194 e. The van der Waals surface area contributed by atoms with Gasteiger partial charge in [0.1, 0.15) is 11.7 Å². The quantitative estimate of drug-likeness (QED) is 0.211. The molecular weight excluding hydrogens is 556 g/mol. The first kappa shape index (κ1) is 31.6. The molecule has 0 unspecified atom stereocenters. The van der Waals surface area contributed by atoms with E-state index in [0.717, 1.165) is 24.3 Å². The van der Waals surface area contributed by atoms with E-state index in [1.165, 1.54) is 76.2 Å². The van der Waals surface area contributed by atoms with E-state index in [1.807, 2.05) is 12.1 Å². The van der Waals surface area contributed by atoms with Gasteiger partial charge in [-0.3, -0.25) is 4.79 Å². The number of ether oxygens (including phenoxy) is 3. The van der Waals surface area contributed by atoms with Crippen LogP contribution in [0.3, 0.4) is 0 Å². The molecule has 8 rings (SSSR count). The number of carbonyl (C=O) groups is 1. The summed E-state index contributed by atoms with van der Waals surface area (Å²) >= 11 is 0. The van der Waals surface area contributed by atoms with E-state index in [4.69, 9.17) is 14.2 Å². The number of rotatable bonds is 13.